The molecule has 9 heteroatoms. The molecule has 0 saturated carbocycles. The van der Waals surface area contributed by atoms with Gasteiger partial charge in [0.05, 0.1) is 19.2 Å². The first kappa shape index (κ1) is 28.9. The number of carboxylic acids is 2. The summed E-state index contributed by atoms with van der Waals surface area (Å²) in [6.07, 6.45) is 0.785. The Morgan fingerprint density at radius 1 is 0.795 bits per heavy atom. The highest BCUT2D eigenvalue weighted by atomic mass is 16.5. The van der Waals surface area contributed by atoms with Crippen LogP contribution < -0.4 is 24.8 Å². The van der Waals surface area contributed by atoms with Crippen molar-refractivity contribution in [3.63, 3.8) is 0 Å². The molecule has 0 aliphatic carbocycles. The highest BCUT2D eigenvalue weighted by Gasteiger charge is 2.14. The Balaban J connectivity index is 1.68. The number of Topliss-reactive ketones (excluding diaryl/α,β-unsaturated/α-hetero) is 1. The van der Waals surface area contributed by atoms with Crippen LogP contribution in [0.3, 0.4) is 0 Å². The van der Waals surface area contributed by atoms with E-state index in [1.807, 2.05) is 6.92 Å². The molecule has 9 nitrogen and oxygen atoms in total. The molecule has 3 aromatic rings. The van der Waals surface area contributed by atoms with Crippen molar-refractivity contribution in [2.45, 2.75) is 39.5 Å². The summed E-state index contributed by atoms with van der Waals surface area (Å²) in [7, 11) is 0. The van der Waals surface area contributed by atoms with E-state index in [2.05, 4.69) is 0 Å². The number of rotatable bonds is 14. The number of hydrogen-bond acceptors (Lipinski definition) is 9. The SMILES string of the molecule is CCc1cc(C(C)=O)c([O-])cc1OCCCOc1ccc(C(=O)c2cccc(C(=O)[O-])c2)cc1CCC(=O)[O-]. The van der Waals surface area contributed by atoms with Crippen molar-refractivity contribution < 1.29 is 44.0 Å². The third-order valence-electron chi connectivity index (χ3n) is 6.01. The lowest BCUT2D eigenvalue weighted by Crippen LogP contribution is -2.22. The van der Waals surface area contributed by atoms with Crippen molar-refractivity contribution in [3.8, 4) is 17.2 Å². The topological polar surface area (TPSA) is 156 Å². The highest BCUT2D eigenvalue weighted by molar-refractivity contribution is 6.10. The number of carbonyl (C=O) groups excluding carboxylic acids is 4. The summed E-state index contributed by atoms with van der Waals surface area (Å²) in [5.41, 5.74) is 1.61. The number of ketones is 2. The second-order valence-electron chi connectivity index (χ2n) is 8.81. The quantitative estimate of drug-likeness (QED) is 0.223. The standard InChI is InChI=1S/C30H30O9/c1-3-19-16-24(18(2)31)25(32)17-27(19)39-13-5-12-38-26-10-8-22(14-20(26)9-11-28(33)34)29(35)21-6-4-7-23(15-21)30(36)37/h4,6-8,10,14-17,32H,3,5,9,11-13H2,1-2H3,(H,33,34)(H,36,37)/p-3. The minimum absolute atomic E-state index is 0.0585. The van der Waals surface area contributed by atoms with Gasteiger partial charge in [-0.15, -0.1) is 0 Å². The van der Waals surface area contributed by atoms with Gasteiger partial charge in [0, 0.05) is 29.1 Å². The zero-order valence-corrected chi connectivity index (χ0v) is 21.6. The Labute approximate surface area is 225 Å². The molecule has 0 N–H and O–H groups in total. The molecule has 0 amide bonds. The van der Waals surface area contributed by atoms with E-state index in [0.29, 0.717) is 29.9 Å². The van der Waals surface area contributed by atoms with Crippen LogP contribution in [0, 0.1) is 0 Å². The molecule has 0 aromatic heterocycles. The van der Waals surface area contributed by atoms with Gasteiger partial charge in [-0.3, -0.25) is 9.59 Å². The first-order valence-corrected chi connectivity index (χ1v) is 12.4. The minimum atomic E-state index is -1.40. The summed E-state index contributed by atoms with van der Waals surface area (Å²) in [4.78, 5) is 46.8. The summed E-state index contributed by atoms with van der Waals surface area (Å²) in [6.45, 7) is 3.66. The smallest absolute Gasteiger partial charge is 0.193 e. The van der Waals surface area contributed by atoms with Gasteiger partial charge in [-0.2, -0.15) is 0 Å². The number of aryl methyl sites for hydroxylation is 2. The number of aromatic carboxylic acids is 1. The van der Waals surface area contributed by atoms with Gasteiger partial charge in [0.15, 0.2) is 11.6 Å². The molecule has 39 heavy (non-hydrogen) atoms. The van der Waals surface area contributed by atoms with E-state index < -0.39 is 23.5 Å². The summed E-state index contributed by atoms with van der Waals surface area (Å²) >= 11 is 0. The van der Waals surface area contributed by atoms with Crippen LogP contribution in [0.15, 0.2) is 54.6 Å². The zero-order chi connectivity index (χ0) is 28.5. The van der Waals surface area contributed by atoms with Crippen LogP contribution in [-0.2, 0) is 17.6 Å². The van der Waals surface area contributed by atoms with Gasteiger partial charge in [0.2, 0.25) is 0 Å². The fraction of sp³-hybridized carbons (Fsp3) is 0.267. The molecule has 0 saturated heterocycles. The molecule has 3 aromatic carbocycles. The maximum atomic E-state index is 13.0. The number of carboxylic acid groups (broad SMARTS) is 2. The summed E-state index contributed by atoms with van der Waals surface area (Å²) < 4.78 is 11.6. The fourth-order valence-corrected chi connectivity index (χ4v) is 3.96. The van der Waals surface area contributed by atoms with Gasteiger partial charge in [-0.25, -0.2) is 0 Å². The lowest BCUT2D eigenvalue weighted by Gasteiger charge is -2.18. The molecule has 0 unspecified atom stereocenters. The molecule has 204 valence electrons. The lowest BCUT2D eigenvalue weighted by molar-refractivity contribution is -0.305. The van der Waals surface area contributed by atoms with Crippen molar-refractivity contribution in [2.75, 3.05) is 13.2 Å². The number of aliphatic carboxylic acids is 1. The van der Waals surface area contributed by atoms with Crippen LogP contribution in [0.1, 0.15) is 74.5 Å². The van der Waals surface area contributed by atoms with Crippen LogP contribution in [-0.4, -0.2) is 36.7 Å². The first-order valence-electron chi connectivity index (χ1n) is 12.4. The van der Waals surface area contributed by atoms with E-state index in [0.717, 1.165) is 5.56 Å². The fourth-order valence-electron chi connectivity index (χ4n) is 3.96. The number of carbonyl (C=O) groups is 4. The molecule has 0 aliphatic heterocycles. The van der Waals surface area contributed by atoms with E-state index in [-0.39, 0.29) is 54.1 Å². The van der Waals surface area contributed by atoms with E-state index in [4.69, 9.17) is 9.47 Å². The second-order valence-corrected chi connectivity index (χ2v) is 8.81. The number of benzene rings is 3. The molecule has 0 bridgehead atoms. The van der Waals surface area contributed by atoms with Crippen LogP contribution in [0.4, 0.5) is 0 Å². The van der Waals surface area contributed by atoms with Crippen LogP contribution >= 0.6 is 0 Å². The molecular weight excluding hydrogens is 504 g/mol. The van der Waals surface area contributed by atoms with Gasteiger partial charge in [0.1, 0.15) is 11.5 Å². The van der Waals surface area contributed by atoms with Crippen molar-refractivity contribution in [1.82, 2.24) is 0 Å². The summed E-state index contributed by atoms with van der Waals surface area (Å²) in [5.74, 6) is -3.00. The Kier molecular flexibility index (Phi) is 9.80. The van der Waals surface area contributed by atoms with Gasteiger partial charge in [0.25, 0.3) is 0 Å². The molecule has 0 heterocycles. The maximum Gasteiger partial charge on any atom is 0.193 e. The van der Waals surface area contributed by atoms with E-state index >= 15 is 0 Å². The van der Waals surface area contributed by atoms with E-state index in [1.165, 1.54) is 49.4 Å². The maximum absolute atomic E-state index is 13.0. The summed E-state index contributed by atoms with van der Waals surface area (Å²) in [6, 6.07) is 12.9. The molecule has 3 rings (SSSR count). The Morgan fingerprint density at radius 2 is 1.46 bits per heavy atom. The number of ether oxygens (including phenoxy) is 2. The Morgan fingerprint density at radius 3 is 2.10 bits per heavy atom. The lowest BCUT2D eigenvalue weighted by atomic mass is 9.98. The van der Waals surface area contributed by atoms with Crippen molar-refractivity contribution >= 4 is 23.5 Å². The van der Waals surface area contributed by atoms with Crippen LogP contribution in [0.5, 0.6) is 17.2 Å². The average molecular weight is 532 g/mol. The van der Waals surface area contributed by atoms with E-state index in [9.17, 15) is 34.5 Å². The highest BCUT2D eigenvalue weighted by Crippen LogP contribution is 2.28. The van der Waals surface area contributed by atoms with Gasteiger partial charge in [-0.05, 0) is 79.3 Å². The Hall–Kier alpha value is -4.66. The summed E-state index contributed by atoms with van der Waals surface area (Å²) in [5, 5.41) is 34.4. The van der Waals surface area contributed by atoms with Crippen molar-refractivity contribution in [1.29, 1.82) is 0 Å². The Bertz CT molecular complexity index is 1390. The monoisotopic (exact) mass is 531 g/mol. The number of hydrogen-bond donors (Lipinski definition) is 0. The van der Waals surface area contributed by atoms with Gasteiger partial charge >= 0.3 is 0 Å². The second kappa shape index (κ2) is 13.2. The normalized spacial score (nSPS) is 10.6. The predicted molar refractivity (Wildman–Crippen MR) is 135 cm³/mol. The first-order chi connectivity index (χ1) is 18.6. The molecular formula is C30H27O9-3. The largest absolute Gasteiger partial charge is 0.872 e. The van der Waals surface area contributed by atoms with Crippen molar-refractivity contribution in [3.05, 3.63) is 88.0 Å². The van der Waals surface area contributed by atoms with Gasteiger partial charge < -0.3 is 34.4 Å². The molecule has 0 fully saturated rings. The third-order valence-corrected chi connectivity index (χ3v) is 6.01. The molecule has 0 aliphatic rings. The van der Waals surface area contributed by atoms with Crippen LogP contribution in [0.2, 0.25) is 0 Å². The van der Waals surface area contributed by atoms with E-state index in [1.54, 1.807) is 12.1 Å². The molecule has 0 radical (unpaired) electrons. The zero-order valence-electron chi connectivity index (χ0n) is 21.6. The third kappa shape index (κ3) is 7.67. The molecule has 0 spiro atoms. The minimum Gasteiger partial charge on any atom is -0.872 e. The van der Waals surface area contributed by atoms with Gasteiger partial charge in [-0.1, -0.05) is 30.9 Å². The average Bonchev–Trinajstić information content (AvgIpc) is 2.91. The molecule has 0 atom stereocenters. The van der Waals surface area contributed by atoms with Crippen molar-refractivity contribution in [2.24, 2.45) is 0 Å². The predicted octanol–water partition coefficient (Wildman–Crippen LogP) is 1.65. The van der Waals surface area contributed by atoms with Crippen LogP contribution in [0.25, 0.3) is 0 Å².